The number of methoxy groups -OCH3 is 1. The molecule has 80 valence electrons. The second-order valence-electron chi connectivity index (χ2n) is 4.12. The van der Waals surface area contributed by atoms with Crippen LogP contribution in [0.5, 0.6) is 0 Å². The quantitative estimate of drug-likeness (QED) is 0.637. The molecule has 0 radical (unpaired) electrons. The molecule has 0 spiro atoms. The van der Waals surface area contributed by atoms with Crippen LogP contribution in [-0.2, 0) is 9.53 Å². The lowest BCUT2D eigenvalue weighted by Crippen LogP contribution is -2.47. The van der Waals surface area contributed by atoms with Gasteiger partial charge in [-0.2, -0.15) is 0 Å². The summed E-state index contributed by atoms with van der Waals surface area (Å²) in [5, 5.41) is 0. The van der Waals surface area contributed by atoms with Crippen LogP contribution in [0.3, 0.4) is 0 Å². The average Bonchev–Trinajstić information content (AvgIpc) is 2.77. The first kappa shape index (κ1) is 9.90. The molecule has 14 heavy (non-hydrogen) atoms. The number of halogens is 1. The predicted molar refractivity (Wildman–Crippen MR) is 49.6 cm³/mol. The lowest BCUT2D eigenvalue weighted by molar-refractivity contribution is -0.148. The number of alkyl halides is 1. The molecule has 1 aliphatic heterocycles. The highest BCUT2D eigenvalue weighted by molar-refractivity contribution is 5.76. The molecule has 2 rings (SSSR count). The van der Waals surface area contributed by atoms with E-state index in [9.17, 15) is 9.18 Å². The van der Waals surface area contributed by atoms with Gasteiger partial charge in [-0.25, -0.2) is 4.39 Å². The van der Waals surface area contributed by atoms with Crippen LogP contribution in [0.25, 0.3) is 0 Å². The van der Waals surface area contributed by atoms with Crippen molar-refractivity contribution in [1.29, 1.82) is 0 Å². The Kier molecular flexibility index (Phi) is 2.72. The number of nitrogens with zero attached hydrogens (tertiary/aromatic N) is 1. The largest absolute Gasteiger partial charge is 0.468 e. The highest BCUT2D eigenvalue weighted by Gasteiger charge is 2.49. The number of hydrogen-bond donors (Lipinski definition) is 0. The monoisotopic (exact) mass is 201 g/mol. The van der Waals surface area contributed by atoms with Gasteiger partial charge in [0.15, 0.2) is 0 Å². The maximum Gasteiger partial charge on any atom is 0.323 e. The number of rotatable bonds is 3. The van der Waals surface area contributed by atoms with Gasteiger partial charge in [-0.15, -0.1) is 0 Å². The number of ether oxygens (including phenoxy) is 1. The van der Waals surface area contributed by atoms with Crippen molar-refractivity contribution >= 4 is 5.97 Å². The summed E-state index contributed by atoms with van der Waals surface area (Å²) in [6, 6.07) is 0.245. The molecule has 2 aliphatic rings. The lowest BCUT2D eigenvalue weighted by atomic mass is 9.99. The summed E-state index contributed by atoms with van der Waals surface area (Å²) in [5.41, 5.74) is 0. The Labute approximate surface area is 83.2 Å². The smallest absolute Gasteiger partial charge is 0.323 e. The van der Waals surface area contributed by atoms with Crippen molar-refractivity contribution < 1.29 is 13.9 Å². The number of likely N-dealkylation sites (tertiary alicyclic amines) is 1. The van der Waals surface area contributed by atoms with Crippen LogP contribution in [0.15, 0.2) is 0 Å². The topological polar surface area (TPSA) is 29.5 Å². The summed E-state index contributed by atoms with van der Waals surface area (Å²) in [5.74, 6) is 0.213. The lowest BCUT2D eigenvalue weighted by Gasteiger charge is -2.32. The van der Waals surface area contributed by atoms with Crippen molar-refractivity contribution in [2.24, 2.45) is 5.92 Å². The van der Waals surface area contributed by atoms with E-state index >= 15 is 0 Å². The number of carbonyl (C=O) groups is 1. The number of fused-ring (bicyclic) bond motifs is 2. The third kappa shape index (κ3) is 1.41. The van der Waals surface area contributed by atoms with Crippen molar-refractivity contribution in [1.82, 2.24) is 4.90 Å². The van der Waals surface area contributed by atoms with Gasteiger partial charge in [0.25, 0.3) is 0 Å². The Hall–Kier alpha value is -0.640. The SMILES string of the molecule is COC(=O)C1C2CCC(C2)N1CCF. The number of hydrogen-bond acceptors (Lipinski definition) is 3. The zero-order valence-corrected chi connectivity index (χ0v) is 8.41. The van der Waals surface area contributed by atoms with Crippen LogP contribution in [0.4, 0.5) is 4.39 Å². The maximum absolute atomic E-state index is 12.3. The molecule has 4 heteroatoms. The molecular weight excluding hydrogens is 185 g/mol. The van der Waals surface area contributed by atoms with Crippen molar-refractivity contribution in [3.63, 3.8) is 0 Å². The molecule has 0 aromatic heterocycles. The van der Waals surface area contributed by atoms with Crippen LogP contribution in [-0.4, -0.2) is 43.3 Å². The Morgan fingerprint density at radius 3 is 3.00 bits per heavy atom. The number of esters is 1. The van der Waals surface area contributed by atoms with Crippen molar-refractivity contribution in [2.45, 2.75) is 31.3 Å². The van der Waals surface area contributed by atoms with E-state index in [4.69, 9.17) is 4.74 Å². The minimum Gasteiger partial charge on any atom is -0.468 e. The summed E-state index contributed by atoms with van der Waals surface area (Å²) >= 11 is 0. The van der Waals surface area contributed by atoms with Gasteiger partial charge in [-0.05, 0) is 25.2 Å². The summed E-state index contributed by atoms with van der Waals surface area (Å²) in [6.07, 6.45) is 3.24. The molecule has 1 saturated heterocycles. The van der Waals surface area contributed by atoms with Crippen molar-refractivity contribution in [3.8, 4) is 0 Å². The molecule has 0 aromatic carbocycles. The van der Waals surface area contributed by atoms with Crippen molar-refractivity contribution in [2.75, 3.05) is 20.3 Å². The molecule has 0 aromatic rings. The number of carbonyl (C=O) groups excluding carboxylic acids is 1. The Balaban J connectivity index is 2.09. The summed E-state index contributed by atoms with van der Waals surface area (Å²) in [7, 11) is 1.40. The molecule has 2 bridgehead atoms. The second-order valence-corrected chi connectivity index (χ2v) is 4.12. The van der Waals surface area contributed by atoms with Gasteiger partial charge in [0.2, 0.25) is 0 Å². The minimum absolute atomic E-state index is 0.172. The van der Waals surface area contributed by atoms with Gasteiger partial charge in [0, 0.05) is 12.6 Å². The summed E-state index contributed by atoms with van der Waals surface area (Å²) < 4.78 is 17.1. The minimum atomic E-state index is -0.378. The Morgan fingerprint density at radius 2 is 2.36 bits per heavy atom. The van der Waals surface area contributed by atoms with Crippen LogP contribution < -0.4 is 0 Å². The standard InChI is InChI=1S/C10H16FNO2/c1-14-10(13)9-7-2-3-8(6-7)12(9)5-4-11/h7-9H,2-6H2,1H3. The van der Waals surface area contributed by atoms with Gasteiger partial charge in [-0.1, -0.05) is 0 Å². The third-order valence-corrected chi connectivity index (χ3v) is 3.50. The van der Waals surface area contributed by atoms with E-state index in [1.54, 1.807) is 0 Å². The van der Waals surface area contributed by atoms with E-state index in [0.717, 1.165) is 19.3 Å². The zero-order chi connectivity index (χ0) is 10.1. The Bertz CT molecular complexity index is 234. The number of piperidine rings is 1. The van der Waals surface area contributed by atoms with E-state index in [1.165, 1.54) is 7.11 Å². The molecular formula is C10H16FNO2. The van der Waals surface area contributed by atoms with Crippen LogP contribution in [0.1, 0.15) is 19.3 Å². The fourth-order valence-electron chi connectivity index (χ4n) is 2.95. The van der Waals surface area contributed by atoms with Gasteiger partial charge in [-0.3, -0.25) is 9.69 Å². The first-order valence-corrected chi connectivity index (χ1v) is 5.17. The van der Waals surface area contributed by atoms with Crippen LogP contribution >= 0.6 is 0 Å². The van der Waals surface area contributed by atoms with Gasteiger partial charge >= 0.3 is 5.97 Å². The summed E-state index contributed by atoms with van der Waals surface area (Å²) in [6.45, 7) is -0.00233. The Morgan fingerprint density at radius 1 is 1.57 bits per heavy atom. The highest BCUT2D eigenvalue weighted by atomic mass is 19.1. The highest BCUT2D eigenvalue weighted by Crippen LogP contribution is 2.42. The van der Waals surface area contributed by atoms with Gasteiger partial charge < -0.3 is 4.74 Å². The van der Waals surface area contributed by atoms with Crippen molar-refractivity contribution in [3.05, 3.63) is 0 Å². The molecule has 0 amide bonds. The second kappa shape index (κ2) is 3.85. The van der Waals surface area contributed by atoms with E-state index in [2.05, 4.69) is 0 Å². The fraction of sp³-hybridized carbons (Fsp3) is 0.900. The zero-order valence-electron chi connectivity index (χ0n) is 8.41. The average molecular weight is 201 g/mol. The first-order valence-electron chi connectivity index (χ1n) is 5.17. The third-order valence-electron chi connectivity index (χ3n) is 3.50. The van der Waals surface area contributed by atoms with Gasteiger partial charge in [0.05, 0.1) is 7.11 Å². The molecule has 2 fully saturated rings. The van der Waals surface area contributed by atoms with E-state index < -0.39 is 0 Å². The molecule has 1 heterocycles. The molecule has 3 nitrogen and oxygen atoms in total. The van der Waals surface area contributed by atoms with Crippen LogP contribution in [0, 0.1) is 5.92 Å². The van der Waals surface area contributed by atoms with E-state index in [-0.39, 0.29) is 18.7 Å². The van der Waals surface area contributed by atoms with Gasteiger partial charge in [0.1, 0.15) is 12.7 Å². The van der Waals surface area contributed by atoms with E-state index in [0.29, 0.717) is 18.5 Å². The molecule has 1 saturated carbocycles. The maximum atomic E-state index is 12.3. The fourth-order valence-corrected chi connectivity index (χ4v) is 2.95. The molecule has 1 aliphatic carbocycles. The van der Waals surface area contributed by atoms with E-state index in [1.807, 2.05) is 4.90 Å². The normalized spacial score (nSPS) is 36.3. The predicted octanol–water partition coefficient (Wildman–Crippen LogP) is 0.982. The van der Waals surface area contributed by atoms with Crippen LogP contribution in [0.2, 0.25) is 0 Å². The first-order chi connectivity index (χ1) is 6.77. The molecule has 3 unspecified atom stereocenters. The molecule has 0 N–H and O–H groups in total. The molecule has 3 atom stereocenters. The summed E-state index contributed by atoms with van der Waals surface area (Å²) in [4.78, 5) is 13.5.